The average molecular weight is 387 g/mol. The molecule has 1 aliphatic heterocycles. The number of rotatable bonds is 7. The number of phenolic OH excluding ortho intramolecular Hbond substituents is 1. The lowest BCUT2D eigenvalue weighted by Crippen LogP contribution is -3.12. The van der Waals surface area contributed by atoms with Gasteiger partial charge >= 0.3 is 0 Å². The van der Waals surface area contributed by atoms with Crippen LogP contribution in [0.25, 0.3) is 0 Å². The van der Waals surface area contributed by atoms with E-state index in [1.807, 2.05) is 0 Å². The zero-order chi connectivity index (χ0) is 20.1. The summed E-state index contributed by atoms with van der Waals surface area (Å²) < 4.78 is 15.8. The fraction of sp³-hybridized carbons (Fsp3) is 0.381. The minimum Gasteiger partial charge on any atom is -0.872 e. The van der Waals surface area contributed by atoms with E-state index in [0.29, 0.717) is 31.3 Å². The van der Waals surface area contributed by atoms with Crippen molar-refractivity contribution in [2.45, 2.75) is 13.0 Å². The molecule has 1 aliphatic rings. The van der Waals surface area contributed by atoms with Gasteiger partial charge in [0.2, 0.25) is 0 Å². The molecule has 0 bridgehead atoms. The van der Waals surface area contributed by atoms with Crippen LogP contribution in [0.3, 0.4) is 0 Å². The molecule has 0 aromatic heterocycles. The molecule has 7 nitrogen and oxygen atoms in total. The Balaban J connectivity index is 1.81. The van der Waals surface area contributed by atoms with Gasteiger partial charge in [-0.05, 0) is 29.8 Å². The molecule has 0 aliphatic carbocycles. The number of Topliss-reactive ketones (excluding diaryl/α,β-unsaturated/α-hetero) is 1. The summed E-state index contributed by atoms with van der Waals surface area (Å²) in [6.45, 7) is 3.17. The first-order chi connectivity index (χ1) is 13.5. The molecule has 3 rings (SSSR count). The van der Waals surface area contributed by atoms with E-state index in [4.69, 9.17) is 14.2 Å². The molecule has 0 atom stereocenters. The van der Waals surface area contributed by atoms with Gasteiger partial charge in [-0.1, -0.05) is 11.8 Å². The van der Waals surface area contributed by atoms with Crippen molar-refractivity contribution >= 4 is 5.78 Å². The predicted molar refractivity (Wildman–Crippen MR) is 100 cm³/mol. The zero-order valence-corrected chi connectivity index (χ0v) is 16.1. The smallest absolute Gasteiger partial charge is 0.166 e. The predicted octanol–water partition coefficient (Wildman–Crippen LogP) is 0.324. The Kier molecular flexibility index (Phi) is 6.38. The number of nitrogens with one attached hydrogen (secondary N) is 1. The van der Waals surface area contributed by atoms with Gasteiger partial charge in [0.1, 0.15) is 25.4 Å². The van der Waals surface area contributed by atoms with Gasteiger partial charge in [-0.25, -0.2) is 0 Å². The van der Waals surface area contributed by atoms with E-state index >= 15 is 0 Å². The van der Waals surface area contributed by atoms with Crippen molar-refractivity contribution in [3.63, 3.8) is 0 Å². The maximum absolute atomic E-state index is 12.8. The van der Waals surface area contributed by atoms with Gasteiger partial charge in [0.15, 0.2) is 17.3 Å². The van der Waals surface area contributed by atoms with E-state index in [-0.39, 0.29) is 29.1 Å². The molecule has 28 heavy (non-hydrogen) atoms. The molecule has 0 spiro atoms. The average Bonchev–Trinajstić information content (AvgIpc) is 2.71. The topological polar surface area (TPSA) is 92.5 Å². The van der Waals surface area contributed by atoms with Gasteiger partial charge in [0.25, 0.3) is 0 Å². The number of carbonyl (C=O) groups excluding carboxylic acids is 1. The summed E-state index contributed by atoms with van der Waals surface area (Å²) in [5.74, 6) is 0.340. The number of morpholine rings is 1. The number of quaternary nitrogens is 1. The monoisotopic (exact) mass is 387 g/mol. The first-order valence-electron chi connectivity index (χ1n) is 9.20. The van der Waals surface area contributed by atoms with Crippen LogP contribution in [-0.2, 0) is 17.7 Å². The molecule has 0 unspecified atom stereocenters. The van der Waals surface area contributed by atoms with Crippen molar-refractivity contribution in [1.29, 1.82) is 0 Å². The summed E-state index contributed by atoms with van der Waals surface area (Å²) in [4.78, 5) is 13.9. The van der Waals surface area contributed by atoms with Crippen LogP contribution in [-0.4, -0.2) is 51.4 Å². The second-order valence-corrected chi connectivity index (χ2v) is 6.77. The van der Waals surface area contributed by atoms with E-state index in [0.717, 1.165) is 23.6 Å². The molecule has 2 aromatic carbocycles. The SMILES string of the molecule is COc1ccc(CC(=O)c2ccc(O)c(C[NH+]3CCOCC3)c2[O-])cc1OC. The summed E-state index contributed by atoms with van der Waals surface area (Å²) in [7, 11) is 3.07. The molecular formula is C21H25NO6. The third-order valence-corrected chi connectivity index (χ3v) is 4.98. The lowest BCUT2D eigenvalue weighted by Gasteiger charge is -2.27. The molecule has 150 valence electrons. The first-order valence-corrected chi connectivity index (χ1v) is 9.20. The Bertz CT molecular complexity index is 845. The van der Waals surface area contributed by atoms with E-state index < -0.39 is 5.75 Å². The van der Waals surface area contributed by atoms with E-state index in [2.05, 4.69) is 0 Å². The van der Waals surface area contributed by atoms with Crippen LogP contribution in [0.1, 0.15) is 21.5 Å². The van der Waals surface area contributed by atoms with Gasteiger partial charge in [-0.2, -0.15) is 0 Å². The first kappa shape index (κ1) is 20.0. The van der Waals surface area contributed by atoms with Crippen LogP contribution in [0, 0.1) is 0 Å². The Morgan fingerprint density at radius 1 is 1.14 bits per heavy atom. The van der Waals surface area contributed by atoms with Crippen molar-refractivity contribution in [3.05, 3.63) is 47.0 Å². The standard InChI is InChI=1S/C21H25NO6/c1-26-19-6-3-14(12-20(19)27-2)11-18(24)15-4-5-17(23)16(21(15)25)13-22-7-9-28-10-8-22/h3-6,12,23,25H,7-11,13H2,1-2H3. The summed E-state index contributed by atoms with van der Waals surface area (Å²) in [5, 5.41) is 23.0. The lowest BCUT2D eigenvalue weighted by atomic mass is 9.98. The van der Waals surface area contributed by atoms with Crippen molar-refractivity contribution in [3.8, 4) is 23.0 Å². The number of benzene rings is 2. The van der Waals surface area contributed by atoms with Crippen molar-refractivity contribution < 1.29 is 34.1 Å². The largest absolute Gasteiger partial charge is 0.872 e. The van der Waals surface area contributed by atoms with Crippen LogP contribution in [0.4, 0.5) is 0 Å². The summed E-state index contributed by atoms with van der Waals surface area (Å²) >= 11 is 0. The minimum atomic E-state index is -0.399. The van der Waals surface area contributed by atoms with E-state index in [1.54, 1.807) is 25.3 Å². The highest BCUT2D eigenvalue weighted by Crippen LogP contribution is 2.31. The number of hydrogen-bond donors (Lipinski definition) is 2. The number of aromatic hydroxyl groups is 1. The van der Waals surface area contributed by atoms with Crippen molar-refractivity contribution in [1.82, 2.24) is 0 Å². The summed E-state index contributed by atoms with van der Waals surface area (Å²) in [6.07, 6.45) is 0.0597. The lowest BCUT2D eigenvalue weighted by molar-refractivity contribution is -0.921. The third kappa shape index (κ3) is 4.37. The second kappa shape index (κ2) is 8.95. The number of ether oxygens (including phenoxy) is 3. The highest BCUT2D eigenvalue weighted by molar-refractivity contribution is 6.00. The summed E-state index contributed by atoms with van der Waals surface area (Å²) in [6, 6.07) is 8.05. The van der Waals surface area contributed by atoms with E-state index in [9.17, 15) is 15.0 Å². The Labute approximate surface area is 164 Å². The Morgan fingerprint density at radius 2 is 1.86 bits per heavy atom. The maximum Gasteiger partial charge on any atom is 0.166 e. The highest BCUT2D eigenvalue weighted by atomic mass is 16.5. The molecule has 2 N–H and O–H groups in total. The Hall–Kier alpha value is -2.77. The van der Waals surface area contributed by atoms with Gasteiger partial charge in [-0.15, -0.1) is 0 Å². The fourth-order valence-electron chi connectivity index (χ4n) is 3.37. The highest BCUT2D eigenvalue weighted by Gasteiger charge is 2.19. The third-order valence-electron chi connectivity index (χ3n) is 4.98. The van der Waals surface area contributed by atoms with Gasteiger partial charge in [0.05, 0.1) is 27.4 Å². The van der Waals surface area contributed by atoms with Gasteiger partial charge in [-0.3, -0.25) is 4.79 Å². The number of methoxy groups -OCH3 is 2. The maximum atomic E-state index is 12.8. The zero-order valence-electron chi connectivity index (χ0n) is 16.1. The van der Waals surface area contributed by atoms with Crippen LogP contribution >= 0.6 is 0 Å². The van der Waals surface area contributed by atoms with Crippen molar-refractivity contribution in [2.75, 3.05) is 40.5 Å². The fourth-order valence-corrected chi connectivity index (χ4v) is 3.37. The normalized spacial score (nSPS) is 14.6. The molecule has 2 aromatic rings. The summed E-state index contributed by atoms with van der Waals surface area (Å²) in [5.41, 5.74) is 1.10. The molecule has 7 heteroatoms. The molecule has 1 saturated heterocycles. The minimum absolute atomic E-state index is 0.0597. The molecule has 0 amide bonds. The Morgan fingerprint density at radius 3 is 2.54 bits per heavy atom. The number of hydrogen-bond acceptors (Lipinski definition) is 6. The number of carbonyl (C=O) groups is 1. The van der Waals surface area contributed by atoms with Crippen LogP contribution < -0.4 is 19.5 Å². The van der Waals surface area contributed by atoms with Gasteiger partial charge in [0, 0.05) is 17.5 Å². The quantitative estimate of drug-likeness (QED) is 0.665. The van der Waals surface area contributed by atoms with E-state index in [1.165, 1.54) is 19.2 Å². The molecule has 1 fully saturated rings. The van der Waals surface area contributed by atoms with Crippen LogP contribution in [0.5, 0.6) is 23.0 Å². The molecular weight excluding hydrogens is 362 g/mol. The second-order valence-electron chi connectivity index (χ2n) is 6.77. The molecule has 0 radical (unpaired) electrons. The van der Waals surface area contributed by atoms with Crippen LogP contribution in [0.15, 0.2) is 30.3 Å². The van der Waals surface area contributed by atoms with Crippen LogP contribution in [0.2, 0.25) is 0 Å². The number of phenols is 1. The molecule has 0 saturated carbocycles. The number of ketones is 1. The molecule has 1 heterocycles. The van der Waals surface area contributed by atoms with Crippen molar-refractivity contribution in [2.24, 2.45) is 0 Å². The van der Waals surface area contributed by atoms with Gasteiger partial charge < -0.3 is 29.3 Å².